The summed E-state index contributed by atoms with van der Waals surface area (Å²) in [6.45, 7) is 0. The molecule has 5 nitrogen and oxygen atoms in total. The lowest BCUT2D eigenvalue weighted by Gasteiger charge is -2.09. The van der Waals surface area contributed by atoms with Crippen LogP contribution < -0.4 is 9.46 Å². The third-order valence-electron chi connectivity index (χ3n) is 1.48. The predicted molar refractivity (Wildman–Crippen MR) is 53.1 cm³/mol. The molecule has 14 heavy (non-hydrogen) atoms. The van der Waals surface area contributed by atoms with Gasteiger partial charge in [-0.3, -0.25) is 4.72 Å². The lowest BCUT2D eigenvalue weighted by atomic mass is 10.3. The molecule has 0 amide bonds. The number of phenols is 1. The van der Waals surface area contributed by atoms with Gasteiger partial charge in [0.1, 0.15) is 11.5 Å². The molecular weight excluding hydrogens is 206 g/mol. The Hall–Kier alpha value is -1.43. The average molecular weight is 217 g/mol. The maximum Gasteiger partial charge on any atom is 0.229 e. The summed E-state index contributed by atoms with van der Waals surface area (Å²) in [7, 11) is -1.94. The Morgan fingerprint density at radius 3 is 2.57 bits per heavy atom. The molecule has 0 atom stereocenters. The topological polar surface area (TPSA) is 75.6 Å². The van der Waals surface area contributed by atoms with E-state index in [0.29, 0.717) is 5.69 Å². The van der Waals surface area contributed by atoms with Crippen LogP contribution >= 0.6 is 0 Å². The molecule has 1 aromatic carbocycles. The summed E-state index contributed by atoms with van der Waals surface area (Å²) >= 11 is 0. The quantitative estimate of drug-likeness (QED) is 0.733. The lowest BCUT2D eigenvalue weighted by Crippen LogP contribution is -2.10. The first-order chi connectivity index (χ1) is 6.42. The van der Waals surface area contributed by atoms with E-state index in [0.717, 1.165) is 6.26 Å². The second-order valence-electron chi connectivity index (χ2n) is 2.76. The molecule has 0 radical (unpaired) electrons. The van der Waals surface area contributed by atoms with Crippen molar-refractivity contribution in [1.82, 2.24) is 0 Å². The van der Waals surface area contributed by atoms with E-state index in [-0.39, 0.29) is 11.5 Å². The second-order valence-corrected chi connectivity index (χ2v) is 4.51. The molecule has 0 heterocycles. The zero-order valence-corrected chi connectivity index (χ0v) is 8.63. The number of aromatic hydroxyl groups is 1. The van der Waals surface area contributed by atoms with E-state index in [1.807, 2.05) is 0 Å². The molecule has 2 N–H and O–H groups in total. The Morgan fingerprint density at radius 2 is 2.07 bits per heavy atom. The molecule has 0 saturated heterocycles. The number of methoxy groups -OCH3 is 1. The van der Waals surface area contributed by atoms with Crippen LogP contribution in [-0.2, 0) is 10.0 Å². The van der Waals surface area contributed by atoms with Crippen molar-refractivity contribution < 1.29 is 18.3 Å². The SMILES string of the molecule is COc1cc(O)ccc1NS(C)(=O)=O. The number of rotatable bonds is 3. The van der Waals surface area contributed by atoms with Gasteiger partial charge in [-0.15, -0.1) is 0 Å². The standard InChI is InChI=1S/C8H11NO4S/c1-13-8-5-6(10)3-4-7(8)9-14(2,11)12/h3-5,9-10H,1-2H3. The smallest absolute Gasteiger partial charge is 0.229 e. The van der Waals surface area contributed by atoms with E-state index in [1.54, 1.807) is 0 Å². The number of hydrogen-bond acceptors (Lipinski definition) is 4. The fourth-order valence-electron chi connectivity index (χ4n) is 0.964. The number of benzene rings is 1. The maximum atomic E-state index is 10.9. The molecule has 1 rings (SSSR count). The van der Waals surface area contributed by atoms with Gasteiger partial charge < -0.3 is 9.84 Å². The van der Waals surface area contributed by atoms with Crippen molar-refractivity contribution in [3.8, 4) is 11.5 Å². The first-order valence-electron chi connectivity index (χ1n) is 3.77. The van der Waals surface area contributed by atoms with Gasteiger partial charge in [0.2, 0.25) is 10.0 Å². The fourth-order valence-corrected chi connectivity index (χ4v) is 1.53. The van der Waals surface area contributed by atoms with Crippen LogP contribution in [-0.4, -0.2) is 26.9 Å². The van der Waals surface area contributed by atoms with Crippen LogP contribution in [0.5, 0.6) is 11.5 Å². The minimum absolute atomic E-state index is 0.0147. The van der Waals surface area contributed by atoms with E-state index in [9.17, 15) is 8.42 Å². The highest BCUT2D eigenvalue weighted by Gasteiger charge is 2.08. The van der Waals surface area contributed by atoms with Gasteiger partial charge in [-0.1, -0.05) is 0 Å². The van der Waals surface area contributed by atoms with Crippen LogP contribution in [0.1, 0.15) is 0 Å². The van der Waals surface area contributed by atoms with Crippen LogP contribution in [0.25, 0.3) is 0 Å². The molecule has 0 spiro atoms. The molecular formula is C8H11NO4S. The largest absolute Gasteiger partial charge is 0.508 e. The van der Waals surface area contributed by atoms with Gasteiger partial charge in [-0.25, -0.2) is 8.42 Å². The molecule has 0 aliphatic carbocycles. The van der Waals surface area contributed by atoms with Crippen molar-refractivity contribution in [2.75, 3.05) is 18.1 Å². The minimum atomic E-state index is -3.33. The zero-order valence-electron chi connectivity index (χ0n) is 7.81. The maximum absolute atomic E-state index is 10.9. The second kappa shape index (κ2) is 3.75. The molecule has 0 unspecified atom stereocenters. The van der Waals surface area contributed by atoms with Crippen molar-refractivity contribution in [2.24, 2.45) is 0 Å². The Balaban J connectivity index is 3.09. The summed E-state index contributed by atoms with van der Waals surface area (Å²) < 4.78 is 29.0. The molecule has 0 aliphatic rings. The minimum Gasteiger partial charge on any atom is -0.508 e. The third-order valence-corrected chi connectivity index (χ3v) is 2.07. The van der Waals surface area contributed by atoms with Gasteiger partial charge in [0.25, 0.3) is 0 Å². The monoisotopic (exact) mass is 217 g/mol. The molecule has 0 bridgehead atoms. The normalized spacial score (nSPS) is 11.0. The van der Waals surface area contributed by atoms with Gasteiger partial charge in [0, 0.05) is 6.07 Å². The van der Waals surface area contributed by atoms with Crippen molar-refractivity contribution in [3.05, 3.63) is 18.2 Å². The number of hydrogen-bond donors (Lipinski definition) is 2. The van der Waals surface area contributed by atoms with Crippen molar-refractivity contribution in [2.45, 2.75) is 0 Å². The zero-order chi connectivity index (χ0) is 10.8. The molecule has 0 aromatic heterocycles. The molecule has 0 fully saturated rings. The highest BCUT2D eigenvalue weighted by molar-refractivity contribution is 7.92. The first kappa shape index (κ1) is 10.6. The van der Waals surface area contributed by atoms with Gasteiger partial charge in [0.05, 0.1) is 19.1 Å². The fraction of sp³-hybridized carbons (Fsp3) is 0.250. The van der Waals surface area contributed by atoms with E-state index < -0.39 is 10.0 Å². The lowest BCUT2D eigenvalue weighted by molar-refractivity contribution is 0.409. The van der Waals surface area contributed by atoms with Gasteiger partial charge in [-0.05, 0) is 12.1 Å². The van der Waals surface area contributed by atoms with Gasteiger partial charge >= 0.3 is 0 Å². The van der Waals surface area contributed by atoms with E-state index in [1.165, 1.54) is 25.3 Å². The van der Waals surface area contributed by atoms with E-state index >= 15 is 0 Å². The summed E-state index contributed by atoms with van der Waals surface area (Å²) in [4.78, 5) is 0. The number of anilines is 1. The van der Waals surface area contributed by atoms with E-state index in [2.05, 4.69) is 4.72 Å². The third kappa shape index (κ3) is 2.81. The van der Waals surface area contributed by atoms with Crippen LogP contribution in [0, 0.1) is 0 Å². The highest BCUT2D eigenvalue weighted by atomic mass is 32.2. The van der Waals surface area contributed by atoms with Crippen LogP contribution in [0.3, 0.4) is 0 Å². The van der Waals surface area contributed by atoms with Gasteiger partial charge in [0.15, 0.2) is 0 Å². The Bertz CT molecular complexity index is 427. The van der Waals surface area contributed by atoms with Crippen LogP contribution in [0.2, 0.25) is 0 Å². The Labute approximate surface area is 82.4 Å². The van der Waals surface area contributed by atoms with Crippen LogP contribution in [0.4, 0.5) is 5.69 Å². The molecule has 1 aromatic rings. The summed E-state index contributed by atoms with van der Waals surface area (Å²) in [5, 5.41) is 9.11. The van der Waals surface area contributed by atoms with E-state index in [4.69, 9.17) is 9.84 Å². The number of phenolic OH excluding ortho intramolecular Hbond substituents is 1. The summed E-state index contributed by atoms with van der Waals surface area (Å²) in [6, 6.07) is 4.12. The molecule has 0 aliphatic heterocycles. The number of nitrogens with one attached hydrogen (secondary N) is 1. The van der Waals surface area contributed by atoms with Crippen molar-refractivity contribution in [1.29, 1.82) is 0 Å². The summed E-state index contributed by atoms with van der Waals surface area (Å²) in [5.74, 6) is 0.288. The van der Waals surface area contributed by atoms with Crippen LogP contribution in [0.15, 0.2) is 18.2 Å². The number of sulfonamides is 1. The highest BCUT2D eigenvalue weighted by Crippen LogP contribution is 2.28. The Morgan fingerprint density at radius 1 is 1.43 bits per heavy atom. The average Bonchev–Trinajstić information content (AvgIpc) is 2.06. The predicted octanol–water partition coefficient (Wildman–Crippen LogP) is 0.772. The number of ether oxygens (including phenoxy) is 1. The molecule has 78 valence electrons. The summed E-state index contributed by atoms with van der Waals surface area (Å²) in [5.41, 5.74) is 0.299. The Kier molecular flexibility index (Phi) is 2.85. The molecule has 6 heteroatoms. The summed E-state index contributed by atoms with van der Waals surface area (Å²) in [6.07, 6.45) is 1.04. The first-order valence-corrected chi connectivity index (χ1v) is 5.66. The molecule has 0 saturated carbocycles. The van der Waals surface area contributed by atoms with Gasteiger partial charge in [-0.2, -0.15) is 0 Å². The van der Waals surface area contributed by atoms with Crippen molar-refractivity contribution >= 4 is 15.7 Å². The van der Waals surface area contributed by atoms with Crippen molar-refractivity contribution in [3.63, 3.8) is 0 Å².